The van der Waals surface area contributed by atoms with E-state index in [1.165, 1.54) is 0 Å². The minimum Gasteiger partial charge on any atom is -0.497 e. The zero-order chi connectivity index (χ0) is 17.4. The number of rotatable bonds is 3. The van der Waals surface area contributed by atoms with E-state index in [4.69, 9.17) is 9.47 Å². The van der Waals surface area contributed by atoms with Gasteiger partial charge in [0.1, 0.15) is 11.5 Å². The van der Waals surface area contributed by atoms with Gasteiger partial charge < -0.3 is 14.5 Å². The van der Waals surface area contributed by atoms with Gasteiger partial charge in [-0.05, 0) is 29.8 Å². The average Bonchev–Trinajstić information content (AvgIpc) is 2.67. The molecule has 0 aliphatic rings. The Morgan fingerprint density at radius 3 is 2.56 bits per heavy atom. The van der Waals surface area contributed by atoms with Crippen LogP contribution < -0.4 is 14.9 Å². The second-order valence-corrected chi connectivity index (χ2v) is 5.66. The number of H-pyrrole nitrogens is 1. The Bertz CT molecular complexity index is 1130. The Balaban J connectivity index is 2.04. The molecule has 2 aromatic heterocycles. The van der Waals surface area contributed by atoms with Crippen LogP contribution in [0.4, 0.5) is 0 Å². The van der Waals surface area contributed by atoms with Gasteiger partial charge in [-0.25, -0.2) is 0 Å². The zero-order valence-corrected chi connectivity index (χ0v) is 13.9. The highest BCUT2D eigenvalue weighted by atomic mass is 16.5. The third-order valence-electron chi connectivity index (χ3n) is 4.31. The molecule has 1 N–H and O–H groups in total. The van der Waals surface area contributed by atoms with E-state index >= 15 is 0 Å². The van der Waals surface area contributed by atoms with Crippen LogP contribution in [0.2, 0.25) is 0 Å². The highest BCUT2D eigenvalue weighted by Gasteiger charge is 2.15. The quantitative estimate of drug-likeness (QED) is 0.580. The molecule has 4 aromatic rings. The summed E-state index contributed by atoms with van der Waals surface area (Å²) in [6.07, 6.45) is 3.43. The molecule has 124 valence electrons. The number of pyridine rings is 2. The lowest BCUT2D eigenvalue weighted by Crippen LogP contribution is -2.08. The van der Waals surface area contributed by atoms with Crippen molar-refractivity contribution in [3.8, 4) is 22.6 Å². The monoisotopic (exact) mass is 332 g/mol. The molecule has 0 unspecified atom stereocenters. The number of aromatic amines is 1. The fraction of sp³-hybridized carbons (Fsp3) is 0.100. The first kappa shape index (κ1) is 15.2. The first-order valence-electron chi connectivity index (χ1n) is 7.84. The molecule has 0 radical (unpaired) electrons. The fourth-order valence-electron chi connectivity index (χ4n) is 3.05. The number of ether oxygens (including phenoxy) is 2. The number of fused-ring (bicyclic) bond motifs is 3. The van der Waals surface area contributed by atoms with Gasteiger partial charge in [-0.15, -0.1) is 0 Å². The lowest BCUT2D eigenvalue weighted by Gasteiger charge is -2.10. The Morgan fingerprint density at radius 1 is 1.04 bits per heavy atom. The maximum absolute atomic E-state index is 13.1. The van der Waals surface area contributed by atoms with Gasteiger partial charge in [0.25, 0.3) is 0 Å². The van der Waals surface area contributed by atoms with Crippen molar-refractivity contribution < 1.29 is 9.47 Å². The van der Waals surface area contributed by atoms with Crippen LogP contribution in [0.1, 0.15) is 0 Å². The molecule has 5 nitrogen and oxygen atoms in total. The van der Waals surface area contributed by atoms with Crippen molar-refractivity contribution in [2.24, 2.45) is 0 Å². The molecule has 25 heavy (non-hydrogen) atoms. The number of nitrogens with zero attached hydrogens (tertiary/aromatic N) is 1. The van der Waals surface area contributed by atoms with Crippen molar-refractivity contribution >= 4 is 21.8 Å². The van der Waals surface area contributed by atoms with Crippen LogP contribution in [0.25, 0.3) is 32.9 Å². The van der Waals surface area contributed by atoms with Crippen LogP contribution in [-0.4, -0.2) is 24.2 Å². The molecule has 0 atom stereocenters. The molecule has 0 spiro atoms. The number of benzene rings is 2. The summed E-state index contributed by atoms with van der Waals surface area (Å²) in [5.41, 5.74) is 2.72. The first-order chi connectivity index (χ1) is 12.2. The maximum atomic E-state index is 13.1. The predicted molar refractivity (Wildman–Crippen MR) is 98.4 cm³/mol. The van der Waals surface area contributed by atoms with Crippen LogP contribution in [0.3, 0.4) is 0 Å². The summed E-state index contributed by atoms with van der Waals surface area (Å²) < 4.78 is 10.7. The number of methoxy groups -OCH3 is 2. The summed E-state index contributed by atoms with van der Waals surface area (Å²) in [4.78, 5) is 20.8. The number of hydrogen-bond acceptors (Lipinski definition) is 4. The van der Waals surface area contributed by atoms with Crippen LogP contribution >= 0.6 is 0 Å². The number of aromatic nitrogens is 2. The van der Waals surface area contributed by atoms with Crippen molar-refractivity contribution in [2.75, 3.05) is 14.2 Å². The first-order valence-corrected chi connectivity index (χ1v) is 7.84. The van der Waals surface area contributed by atoms with Gasteiger partial charge in [0.15, 0.2) is 0 Å². The van der Waals surface area contributed by atoms with Gasteiger partial charge >= 0.3 is 0 Å². The van der Waals surface area contributed by atoms with E-state index in [2.05, 4.69) is 9.97 Å². The second-order valence-electron chi connectivity index (χ2n) is 5.66. The standard InChI is InChI=1S/C20H16N2O3/c1-24-14-7-5-12(6-8-14)15-11-22-19-17(20(15)23)16(25-2)10-13-4-3-9-21-18(13)19/h3-11H,1-2H3,(H,22,23). The Labute approximate surface area is 143 Å². The summed E-state index contributed by atoms with van der Waals surface area (Å²) in [7, 11) is 3.18. The third kappa shape index (κ3) is 2.41. The molecular weight excluding hydrogens is 316 g/mol. The number of hydrogen-bond donors (Lipinski definition) is 1. The topological polar surface area (TPSA) is 64.2 Å². The Morgan fingerprint density at radius 2 is 1.84 bits per heavy atom. The summed E-state index contributed by atoms with van der Waals surface area (Å²) in [6, 6.07) is 13.0. The molecule has 0 amide bonds. The third-order valence-corrected chi connectivity index (χ3v) is 4.31. The van der Waals surface area contributed by atoms with Crippen molar-refractivity contribution in [2.45, 2.75) is 0 Å². The van der Waals surface area contributed by atoms with E-state index < -0.39 is 0 Å². The molecule has 2 heterocycles. The van der Waals surface area contributed by atoms with E-state index in [0.29, 0.717) is 22.2 Å². The summed E-state index contributed by atoms with van der Waals surface area (Å²) in [5.74, 6) is 1.28. The Hall–Kier alpha value is -3.34. The largest absolute Gasteiger partial charge is 0.497 e. The highest BCUT2D eigenvalue weighted by molar-refractivity contribution is 6.06. The van der Waals surface area contributed by atoms with Gasteiger partial charge in [-0.1, -0.05) is 18.2 Å². The minimum absolute atomic E-state index is 0.0941. The molecule has 0 aliphatic carbocycles. The molecule has 0 saturated heterocycles. The van der Waals surface area contributed by atoms with Crippen LogP contribution in [0, 0.1) is 0 Å². The van der Waals surface area contributed by atoms with E-state index in [1.807, 2.05) is 42.5 Å². The molecule has 0 bridgehead atoms. The highest BCUT2D eigenvalue weighted by Crippen LogP contribution is 2.30. The molecule has 4 rings (SSSR count). The lowest BCUT2D eigenvalue weighted by molar-refractivity contribution is 0.415. The Kier molecular flexibility index (Phi) is 3.61. The normalized spacial score (nSPS) is 11.0. The van der Waals surface area contributed by atoms with Crippen molar-refractivity contribution in [1.29, 1.82) is 0 Å². The van der Waals surface area contributed by atoms with Gasteiger partial charge in [-0.3, -0.25) is 9.78 Å². The van der Waals surface area contributed by atoms with Crippen molar-refractivity contribution in [3.05, 3.63) is 65.1 Å². The molecule has 5 heteroatoms. The lowest BCUT2D eigenvalue weighted by atomic mass is 10.0. The number of nitrogens with one attached hydrogen (secondary N) is 1. The summed E-state index contributed by atoms with van der Waals surface area (Å²) in [5, 5.41) is 1.42. The van der Waals surface area contributed by atoms with E-state index in [1.54, 1.807) is 26.6 Å². The zero-order valence-electron chi connectivity index (χ0n) is 13.9. The SMILES string of the molecule is COc1ccc(-c2c[nH]c3c(c(OC)cc4cccnc43)c2=O)cc1. The van der Waals surface area contributed by atoms with Crippen LogP contribution in [0.5, 0.6) is 11.5 Å². The summed E-state index contributed by atoms with van der Waals surface area (Å²) in [6.45, 7) is 0. The molecular formula is C20H16N2O3. The smallest absolute Gasteiger partial charge is 0.201 e. The van der Waals surface area contributed by atoms with Gasteiger partial charge in [0.2, 0.25) is 5.43 Å². The average molecular weight is 332 g/mol. The van der Waals surface area contributed by atoms with Gasteiger partial charge in [0.05, 0.1) is 30.6 Å². The van der Waals surface area contributed by atoms with Gasteiger partial charge in [0, 0.05) is 23.3 Å². The molecule has 0 saturated carbocycles. The van der Waals surface area contributed by atoms with E-state index in [-0.39, 0.29) is 5.43 Å². The van der Waals surface area contributed by atoms with Crippen molar-refractivity contribution in [1.82, 2.24) is 9.97 Å². The molecule has 0 fully saturated rings. The summed E-state index contributed by atoms with van der Waals surface area (Å²) >= 11 is 0. The van der Waals surface area contributed by atoms with E-state index in [0.717, 1.165) is 22.2 Å². The van der Waals surface area contributed by atoms with Crippen molar-refractivity contribution in [3.63, 3.8) is 0 Å². The molecule has 0 aliphatic heterocycles. The second kappa shape index (κ2) is 5.94. The van der Waals surface area contributed by atoms with Crippen LogP contribution in [-0.2, 0) is 0 Å². The van der Waals surface area contributed by atoms with E-state index in [9.17, 15) is 4.79 Å². The fourth-order valence-corrected chi connectivity index (χ4v) is 3.05. The van der Waals surface area contributed by atoms with Crippen LogP contribution in [0.15, 0.2) is 59.7 Å². The maximum Gasteiger partial charge on any atom is 0.201 e. The molecule has 2 aromatic carbocycles. The predicted octanol–water partition coefficient (Wildman–Crippen LogP) is 3.76. The van der Waals surface area contributed by atoms with Gasteiger partial charge in [-0.2, -0.15) is 0 Å². The minimum atomic E-state index is -0.0941.